The average molecular weight is 421 g/mol. The molecule has 2 heterocycles. The predicted octanol–water partition coefficient (Wildman–Crippen LogP) is 2.73. The average Bonchev–Trinajstić information content (AvgIpc) is 3.13. The van der Waals surface area contributed by atoms with E-state index < -0.39 is 0 Å². The van der Waals surface area contributed by atoms with Crippen molar-refractivity contribution in [2.45, 2.75) is 25.5 Å². The maximum atomic E-state index is 11.5. The van der Waals surface area contributed by atoms with E-state index in [2.05, 4.69) is 33.5 Å². The van der Waals surface area contributed by atoms with Crippen molar-refractivity contribution >= 4 is 23.7 Å². The molecule has 1 saturated heterocycles. The fraction of sp³-hybridized carbons (Fsp3) is 0.550. The lowest BCUT2D eigenvalue weighted by Gasteiger charge is -2.28. The monoisotopic (exact) mass is 420 g/mol. The van der Waals surface area contributed by atoms with E-state index in [1.807, 2.05) is 0 Å². The summed E-state index contributed by atoms with van der Waals surface area (Å²) >= 11 is 1.64. The Hall–Kier alpha value is -2.26. The molecule has 2 aromatic rings. The minimum absolute atomic E-state index is 0.354. The number of aromatic nitrogens is 3. The number of benzene rings is 1. The van der Waals surface area contributed by atoms with Crippen molar-refractivity contribution in [2.24, 2.45) is 5.92 Å². The van der Waals surface area contributed by atoms with Crippen LogP contribution in [0.2, 0.25) is 0 Å². The molecule has 1 fully saturated rings. The normalized spacial score (nSPS) is 14.3. The minimum atomic E-state index is -0.354. The van der Waals surface area contributed by atoms with E-state index in [1.165, 1.54) is 7.11 Å². The zero-order valence-electron chi connectivity index (χ0n) is 17.2. The number of ether oxygens (including phenoxy) is 3. The molecule has 158 valence electrons. The van der Waals surface area contributed by atoms with Crippen LogP contribution in [0.15, 0.2) is 29.4 Å². The van der Waals surface area contributed by atoms with Gasteiger partial charge in [-0.05, 0) is 30.2 Å². The number of rotatable bonds is 9. The molecule has 0 spiro atoms. The third-order valence-electron chi connectivity index (χ3n) is 4.40. The van der Waals surface area contributed by atoms with Crippen LogP contribution >= 0.6 is 11.8 Å². The largest absolute Gasteiger partial charge is 0.493 e. The highest BCUT2D eigenvalue weighted by molar-refractivity contribution is 7.99. The van der Waals surface area contributed by atoms with Gasteiger partial charge in [0, 0.05) is 25.4 Å². The second kappa shape index (κ2) is 10.5. The lowest BCUT2D eigenvalue weighted by molar-refractivity contribution is 0.0600. The molecule has 0 unspecified atom stereocenters. The van der Waals surface area contributed by atoms with Crippen molar-refractivity contribution in [2.75, 3.05) is 50.7 Å². The van der Waals surface area contributed by atoms with E-state index in [0.29, 0.717) is 18.1 Å². The molecule has 3 rings (SSSR count). The summed E-state index contributed by atoms with van der Waals surface area (Å²) in [6.45, 7) is 8.91. The molecule has 0 atom stereocenters. The highest BCUT2D eigenvalue weighted by atomic mass is 32.2. The third kappa shape index (κ3) is 5.86. The number of anilines is 1. The van der Waals surface area contributed by atoms with Crippen molar-refractivity contribution < 1.29 is 19.0 Å². The van der Waals surface area contributed by atoms with Gasteiger partial charge in [0.25, 0.3) is 0 Å². The van der Waals surface area contributed by atoms with Crippen LogP contribution in [0.5, 0.6) is 5.75 Å². The van der Waals surface area contributed by atoms with Crippen molar-refractivity contribution in [1.82, 2.24) is 14.8 Å². The molecule has 0 aliphatic carbocycles. The van der Waals surface area contributed by atoms with Crippen LogP contribution in [0.3, 0.4) is 0 Å². The van der Waals surface area contributed by atoms with Crippen molar-refractivity contribution in [1.29, 1.82) is 0 Å². The molecule has 9 heteroatoms. The quantitative estimate of drug-likeness (QED) is 0.348. The molecule has 1 aliphatic rings. The van der Waals surface area contributed by atoms with Gasteiger partial charge >= 0.3 is 5.97 Å². The lowest BCUT2D eigenvalue weighted by Crippen LogP contribution is -2.38. The summed E-state index contributed by atoms with van der Waals surface area (Å²) in [6.07, 6.45) is 0. The molecule has 8 nitrogen and oxygen atoms in total. The number of nitrogens with zero attached hydrogens (tertiary/aromatic N) is 4. The summed E-state index contributed by atoms with van der Waals surface area (Å²) in [7, 11) is 1.37. The van der Waals surface area contributed by atoms with Crippen molar-refractivity contribution in [3.8, 4) is 5.75 Å². The minimum Gasteiger partial charge on any atom is -0.493 e. The predicted molar refractivity (Wildman–Crippen MR) is 112 cm³/mol. The summed E-state index contributed by atoms with van der Waals surface area (Å²) < 4.78 is 18.1. The molecule has 0 radical (unpaired) electrons. The number of methoxy groups -OCH3 is 1. The Bertz CT molecular complexity index is 788. The van der Waals surface area contributed by atoms with Crippen LogP contribution < -0.4 is 9.64 Å². The van der Waals surface area contributed by atoms with Crippen molar-refractivity contribution in [3.05, 3.63) is 29.8 Å². The summed E-state index contributed by atoms with van der Waals surface area (Å²) in [5, 5.41) is 9.77. The Morgan fingerprint density at radius 1 is 1.21 bits per heavy atom. The number of hydrogen-bond donors (Lipinski definition) is 0. The first kappa shape index (κ1) is 21.4. The number of thioether (sulfide) groups is 1. The maximum absolute atomic E-state index is 11.5. The smallest absolute Gasteiger partial charge is 0.337 e. The van der Waals surface area contributed by atoms with Crippen LogP contribution in [0.25, 0.3) is 0 Å². The Labute approximate surface area is 175 Å². The van der Waals surface area contributed by atoms with Crippen LogP contribution in [0.1, 0.15) is 24.2 Å². The summed E-state index contributed by atoms with van der Waals surface area (Å²) in [5.41, 5.74) is 0.506. The molecule has 1 aromatic carbocycles. The van der Waals surface area contributed by atoms with Gasteiger partial charge in [0.05, 0.1) is 32.5 Å². The van der Waals surface area contributed by atoms with Gasteiger partial charge in [0.1, 0.15) is 5.75 Å². The third-order valence-corrected chi connectivity index (χ3v) is 5.33. The Morgan fingerprint density at radius 2 is 1.93 bits per heavy atom. The Balaban J connectivity index is 1.55. The van der Waals surface area contributed by atoms with E-state index in [9.17, 15) is 4.79 Å². The summed E-state index contributed by atoms with van der Waals surface area (Å²) in [4.78, 5) is 13.7. The summed E-state index contributed by atoms with van der Waals surface area (Å²) in [6, 6.07) is 6.94. The van der Waals surface area contributed by atoms with Gasteiger partial charge < -0.3 is 19.1 Å². The van der Waals surface area contributed by atoms with E-state index >= 15 is 0 Å². The van der Waals surface area contributed by atoms with Gasteiger partial charge in [0.15, 0.2) is 5.16 Å². The van der Waals surface area contributed by atoms with E-state index in [4.69, 9.17) is 14.2 Å². The zero-order chi connectivity index (χ0) is 20.6. The molecule has 0 bridgehead atoms. The number of hydrogen-bond acceptors (Lipinski definition) is 8. The van der Waals surface area contributed by atoms with Gasteiger partial charge in [-0.25, -0.2) is 4.79 Å². The maximum Gasteiger partial charge on any atom is 0.337 e. The standard InChI is InChI=1S/C20H28N4O4S/c1-15(2)14-24-19(23-8-10-27-11-9-23)21-22-20(24)29-13-12-28-17-6-4-16(5-7-17)18(25)26-3/h4-7,15H,8-14H2,1-3H3. The van der Waals surface area contributed by atoms with Gasteiger partial charge in [-0.3, -0.25) is 4.57 Å². The van der Waals surface area contributed by atoms with Crippen LogP contribution in [0.4, 0.5) is 5.95 Å². The van der Waals surface area contributed by atoms with Crippen LogP contribution in [-0.4, -0.2) is 66.5 Å². The van der Waals surface area contributed by atoms with Gasteiger partial charge in [0.2, 0.25) is 5.95 Å². The van der Waals surface area contributed by atoms with Gasteiger partial charge in [-0.15, -0.1) is 10.2 Å². The molecular formula is C20H28N4O4S. The number of morpholine rings is 1. The number of carbonyl (C=O) groups is 1. The Morgan fingerprint density at radius 3 is 2.59 bits per heavy atom. The molecular weight excluding hydrogens is 392 g/mol. The number of carbonyl (C=O) groups excluding carboxylic acids is 1. The fourth-order valence-corrected chi connectivity index (χ4v) is 3.77. The lowest BCUT2D eigenvalue weighted by atomic mass is 10.2. The van der Waals surface area contributed by atoms with Gasteiger partial charge in [-0.2, -0.15) is 0 Å². The molecule has 1 aliphatic heterocycles. The molecule has 29 heavy (non-hydrogen) atoms. The first-order valence-corrected chi connectivity index (χ1v) is 10.8. The highest BCUT2D eigenvalue weighted by Crippen LogP contribution is 2.24. The van der Waals surface area contributed by atoms with E-state index in [0.717, 1.165) is 55.5 Å². The van der Waals surface area contributed by atoms with E-state index in [-0.39, 0.29) is 5.97 Å². The zero-order valence-corrected chi connectivity index (χ0v) is 18.0. The highest BCUT2D eigenvalue weighted by Gasteiger charge is 2.21. The first-order valence-electron chi connectivity index (χ1n) is 9.78. The topological polar surface area (TPSA) is 78.7 Å². The summed E-state index contributed by atoms with van der Waals surface area (Å²) in [5.74, 6) is 2.53. The second-order valence-electron chi connectivity index (χ2n) is 7.10. The SMILES string of the molecule is COC(=O)c1ccc(OCCSc2nnc(N3CCOCC3)n2CC(C)C)cc1. The van der Waals surface area contributed by atoms with E-state index in [1.54, 1.807) is 36.0 Å². The second-order valence-corrected chi connectivity index (χ2v) is 8.16. The molecule has 0 saturated carbocycles. The van der Waals surface area contributed by atoms with Crippen LogP contribution in [-0.2, 0) is 16.0 Å². The van der Waals surface area contributed by atoms with Gasteiger partial charge in [-0.1, -0.05) is 25.6 Å². The molecule has 1 aromatic heterocycles. The first-order chi connectivity index (χ1) is 14.1. The Kier molecular flexibility index (Phi) is 7.76. The van der Waals surface area contributed by atoms with Crippen LogP contribution in [0, 0.1) is 5.92 Å². The van der Waals surface area contributed by atoms with Crippen molar-refractivity contribution in [3.63, 3.8) is 0 Å². The molecule has 0 amide bonds. The number of esters is 1. The molecule has 0 N–H and O–H groups in total. The fourth-order valence-electron chi connectivity index (χ4n) is 3.01.